The lowest BCUT2D eigenvalue weighted by Gasteiger charge is -2.33. The number of fused-ring (bicyclic) bond motifs is 1. The Kier molecular flexibility index (Phi) is 2.53. The van der Waals surface area contributed by atoms with E-state index in [4.69, 9.17) is 9.47 Å². The molecule has 86 valence electrons. The average Bonchev–Trinajstić information content (AvgIpc) is 2.76. The molecular weight excluding hydrogens is 192 g/mol. The van der Waals surface area contributed by atoms with Crippen LogP contribution in [0.5, 0.6) is 0 Å². The van der Waals surface area contributed by atoms with E-state index in [2.05, 4.69) is 20.8 Å². The first-order valence-electron chi connectivity index (χ1n) is 5.79. The summed E-state index contributed by atoms with van der Waals surface area (Å²) in [6, 6.07) is 0. The molecule has 0 amide bonds. The molecule has 1 heterocycles. The number of hydrogen-bond acceptors (Lipinski definition) is 3. The van der Waals surface area contributed by atoms with E-state index >= 15 is 0 Å². The second-order valence-electron chi connectivity index (χ2n) is 5.37. The molecule has 4 atom stereocenters. The smallest absolute Gasteiger partial charge is 0.303 e. The molecule has 3 heteroatoms. The maximum atomic E-state index is 11.1. The number of rotatable bonds is 2. The summed E-state index contributed by atoms with van der Waals surface area (Å²) >= 11 is 0. The van der Waals surface area contributed by atoms with Crippen LogP contribution in [0.3, 0.4) is 0 Å². The van der Waals surface area contributed by atoms with Crippen LogP contribution in [0.25, 0.3) is 0 Å². The highest BCUT2D eigenvalue weighted by Gasteiger charge is 2.62. The lowest BCUT2D eigenvalue weighted by molar-refractivity contribution is -0.152. The number of epoxide rings is 1. The van der Waals surface area contributed by atoms with Crippen molar-refractivity contribution in [3.05, 3.63) is 0 Å². The number of esters is 1. The minimum Gasteiger partial charge on any atom is -0.459 e. The molecule has 1 saturated heterocycles. The highest BCUT2D eigenvalue weighted by Crippen LogP contribution is 2.51. The monoisotopic (exact) mass is 212 g/mol. The van der Waals surface area contributed by atoms with Gasteiger partial charge in [0.2, 0.25) is 0 Å². The number of carbonyl (C=O) groups is 1. The molecule has 0 N–H and O–H groups in total. The number of ether oxygens (including phenoxy) is 2. The molecule has 0 unspecified atom stereocenters. The standard InChI is InChI=1S/C12H20O3/c1-7(2)9-5-6-12(4)11(15-12)10(9)14-8(3)13/h7,9-11H,5-6H2,1-4H3/t9-,10+,11+,12-/m0/s1. The van der Waals surface area contributed by atoms with Crippen LogP contribution in [-0.4, -0.2) is 23.8 Å². The van der Waals surface area contributed by atoms with Gasteiger partial charge in [-0.1, -0.05) is 13.8 Å². The van der Waals surface area contributed by atoms with Crippen LogP contribution in [0, 0.1) is 11.8 Å². The minimum atomic E-state index is -0.189. The van der Waals surface area contributed by atoms with Crippen molar-refractivity contribution in [3.8, 4) is 0 Å². The van der Waals surface area contributed by atoms with Crippen LogP contribution >= 0.6 is 0 Å². The Morgan fingerprint density at radius 3 is 2.73 bits per heavy atom. The summed E-state index contributed by atoms with van der Waals surface area (Å²) in [5.74, 6) is 0.808. The van der Waals surface area contributed by atoms with Gasteiger partial charge in [-0.25, -0.2) is 0 Å². The molecular formula is C12H20O3. The van der Waals surface area contributed by atoms with Gasteiger partial charge in [0.05, 0.1) is 5.60 Å². The second-order valence-corrected chi connectivity index (χ2v) is 5.37. The van der Waals surface area contributed by atoms with E-state index in [1.165, 1.54) is 6.92 Å². The summed E-state index contributed by atoms with van der Waals surface area (Å²) in [6.07, 6.45) is 2.31. The number of hydrogen-bond donors (Lipinski definition) is 0. The van der Waals surface area contributed by atoms with Gasteiger partial charge in [-0.15, -0.1) is 0 Å². The quantitative estimate of drug-likeness (QED) is 0.520. The molecule has 3 nitrogen and oxygen atoms in total. The van der Waals surface area contributed by atoms with E-state index < -0.39 is 0 Å². The van der Waals surface area contributed by atoms with Gasteiger partial charge in [0.1, 0.15) is 12.2 Å². The molecule has 2 aliphatic rings. The molecule has 0 spiro atoms. The van der Waals surface area contributed by atoms with E-state index in [0.29, 0.717) is 11.8 Å². The zero-order chi connectivity index (χ0) is 11.2. The van der Waals surface area contributed by atoms with Crippen LogP contribution in [0.2, 0.25) is 0 Å². The Balaban J connectivity index is 2.09. The zero-order valence-electron chi connectivity index (χ0n) is 9.95. The van der Waals surface area contributed by atoms with Gasteiger partial charge < -0.3 is 9.47 Å². The first-order chi connectivity index (χ1) is 6.94. The first-order valence-corrected chi connectivity index (χ1v) is 5.79. The fourth-order valence-electron chi connectivity index (χ4n) is 2.77. The molecule has 1 saturated carbocycles. The summed E-state index contributed by atoms with van der Waals surface area (Å²) in [7, 11) is 0. The van der Waals surface area contributed by atoms with Crippen LogP contribution in [-0.2, 0) is 14.3 Å². The normalized spacial score (nSPS) is 43.7. The molecule has 1 aliphatic carbocycles. The van der Waals surface area contributed by atoms with Crippen molar-refractivity contribution in [3.63, 3.8) is 0 Å². The van der Waals surface area contributed by atoms with E-state index in [0.717, 1.165) is 12.8 Å². The lowest BCUT2D eigenvalue weighted by atomic mass is 9.75. The van der Waals surface area contributed by atoms with Crippen molar-refractivity contribution < 1.29 is 14.3 Å². The average molecular weight is 212 g/mol. The van der Waals surface area contributed by atoms with Gasteiger partial charge in [0, 0.05) is 12.8 Å². The van der Waals surface area contributed by atoms with Crippen molar-refractivity contribution in [2.24, 2.45) is 11.8 Å². The lowest BCUT2D eigenvalue weighted by Crippen LogP contribution is -2.41. The predicted octanol–water partition coefficient (Wildman–Crippen LogP) is 2.14. The van der Waals surface area contributed by atoms with Gasteiger partial charge in [-0.3, -0.25) is 4.79 Å². The van der Waals surface area contributed by atoms with Crippen molar-refractivity contribution >= 4 is 5.97 Å². The molecule has 0 radical (unpaired) electrons. The second kappa shape index (κ2) is 3.48. The van der Waals surface area contributed by atoms with E-state index in [-0.39, 0.29) is 23.8 Å². The van der Waals surface area contributed by atoms with Crippen LogP contribution in [0.15, 0.2) is 0 Å². The van der Waals surface area contributed by atoms with Gasteiger partial charge in [0.25, 0.3) is 0 Å². The summed E-state index contributed by atoms with van der Waals surface area (Å²) < 4.78 is 11.1. The van der Waals surface area contributed by atoms with Gasteiger partial charge >= 0.3 is 5.97 Å². The third-order valence-electron chi connectivity index (χ3n) is 3.79. The van der Waals surface area contributed by atoms with Gasteiger partial charge in [0.15, 0.2) is 0 Å². The van der Waals surface area contributed by atoms with Crippen LogP contribution in [0.1, 0.15) is 40.5 Å². The maximum Gasteiger partial charge on any atom is 0.303 e. The Labute approximate surface area is 91.1 Å². The molecule has 2 fully saturated rings. The van der Waals surface area contributed by atoms with E-state index in [9.17, 15) is 4.79 Å². The van der Waals surface area contributed by atoms with Gasteiger partial charge in [-0.2, -0.15) is 0 Å². The van der Waals surface area contributed by atoms with E-state index in [1.807, 2.05) is 0 Å². The molecule has 2 rings (SSSR count). The van der Waals surface area contributed by atoms with Crippen LogP contribution in [0.4, 0.5) is 0 Å². The maximum absolute atomic E-state index is 11.1. The molecule has 15 heavy (non-hydrogen) atoms. The molecule has 0 aromatic heterocycles. The molecule has 0 bridgehead atoms. The minimum absolute atomic E-state index is 0.00843. The van der Waals surface area contributed by atoms with Crippen molar-refractivity contribution in [1.29, 1.82) is 0 Å². The largest absolute Gasteiger partial charge is 0.459 e. The Morgan fingerprint density at radius 1 is 1.53 bits per heavy atom. The Bertz CT molecular complexity index is 274. The zero-order valence-corrected chi connectivity index (χ0v) is 9.95. The molecule has 0 aromatic carbocycles. The van der Waals surface area contributed by atoms with Gasteiger partial charge in [-0.05, 0) is 25.7 Å². The fourth-order valence-corrected chi connectivity index (χ4v) is 2.77. The third kappa shape index (κ3) is 1.89. The number of carbonyl (C=O) groups excluding carboxylic acids is 1. The van der Waals surface area contributed by atoms with Crippen molar-refractivity contribution in [1.82, 2.24) is 0 Å². The Morgan fingerprint density at radius 2 is 2.20 bits per heavy atom. The first kappa shape index (κ1) is 10.9. The third-order valence-corrected chi connectivity index (χ3v) is 3.79. The Hall–Kier alpha value is -0.570. The fraction of sp³-hybridized carbons (Fsp3) is 0.917. The van der Waals surface area contributed by atoms with Crippen LogP contribution < -0.4 is 0 Å². The van der Waals surface area contributed by atoms with Crippen molar-refractivity contribution in [2.45, 2.75) is 58.3 Å². The topological polar surface area (TPSA) is 38.8 Å². The SMILES string of the molecule is CC(=O)O[C@H]1[C@H]2O[C@@]2(C)CC[C@H]1C(C)C. The summed E-state index contributed by atoms with van der Waals surface area (Å²) in [4.78, 5) is 11.1. The summed E-state index contributed by atoms with van der Waals surface area (Å²) in [6.45, 7) is 7.97. The summed E-state index contributed by atoms with van der Waals surface area (Å²) in [5, 5.41) is 0. The highest BCUT2D eigenvalue weighted by molar-refractivity contribution is 5.66. The molecule has 1 aliphatic heterocycles. The molecule has 0 aromatic rings. The highest BCUT2D eigenvalue weighted by atomic mass is 16.6. The van der Waals surface area contributed by atoms with E-state index in [1.54, 1.807) is 0 Å². The summed E-state index contributed by atoms with van der Waals surface area (Å²) in [5.41, 5.74) is -0.00843. The predicted molar refractivity (Wildman–Crippen MR) is 56.4 cm³/mol. The van der Waals surface area contributed by atoms with Crippen molar-refractivity contribution in [2.75, 3.05) is 0 Å².